The number of benzene rings is 2. The van der Waals surface area contributed by atoms with Crippen LogP contribution in [0.3, 0.4) is 0 Å². The minimum absolute atomic E-state index is 0.0322. The predicted molar refractivity (Wildman–Crippen MR) is 113 cm³/mol. The normalized spacial score (nSPS) is 11.2. The molecule has 0 amide bonds. The third-order valence-electron chi connectivity index (χ3n) is 5.07. The Morgan fingerprint density at radius 3 is 2.56 bits per heavy atom. The molecule has 0 saturated heterocycles. The molecule has 0 saturated carbocycles. The van der Waals surface area contributed by atoms with E-state index in [4.69, 9.17) is 9.47 Å². The van der Waals surface area contributed by atoms with E-state index < -0.39 is 22.9 Å². The first-order valence-corrected chi connectivity index (χ1v) is 9.72. The van der Waals surface area contributed by atoms with Gasteiger partial charge < -0.3 is 14.0 Å². The summed E-state index contributed by atoms with van der Waals surface area (Å²) >= 11 is 0. The summed E-state index contributed by atoms with van der Waals surface area (Å²) < 4.78 is 41.2. The van der Waals surface area contributed by atoms with E-state index in [1.165, 1.54) is 35.7 Å². The molecule has 2 aromatic heterocycles. The molecule has 0 fully saturated rings. The standard InChI is InChI=1S/C22H20F2N4O4/c1-31-9-8-27-21(29)19-20(28(22(27)30)15-4-3-5-16(11-15)32-2)25-13-26(19)12-14-6-7-17(23)18(24)10-14/h3-7,10-11,13H,8-9,12H2,1-2H3. The summed E-state index contributed by atoms with van der Waals surface area (Å²) in [5.74, 6) is -1.42. The van der Waals surface area contributed by atoms with Gasteiger partial charge in [-0.3, -0.25) is 9.36 Å². The second-order valence-electron chi connectivity index (χ2n) is 7.06. The number of nitrogens with zero attached hydrogens (tertiary/aromatic N) is 4. The van der Waals surface area contributed by atoms with Gasteiger partial charge in [0.2, 0.25) is 0 Å². The van der Waals surface area contributed by atoms with Crippen LogP contribution in [-0.2, 0) is 17.8 Å². The number of halogens is 2. The van der Waals surface area contributed by atoms with Crippen LogP contribution in [0.15, 0.2) is 58.4 Å². The van der Waals surface area contributed by atoms with Crippen molar-refractivity contribution in [3.8, 4) is 11.4 Å². The van der Waals surface area contributed by atoms with Gasteiger partial charge in [-0.15, -0.1) is 0 Å². The van der Waals surface area contributed by atoms with E-state index in [2.05, 4.69) is 4.98 Å². The van der Waals surface area contributed by atoms with Gasteiger partial charge in [0, 0.05) is 19.7 Å². The monoisotopic (exact) mass is 442 g/mol. The molecule has 0 atom stereocenters. The van der Waals surface area contributed by atoms with Crippen molar-refractivity contribution >= 4 is 11.2 Å². The van der Waals surface area contributed by atoms with E-state index in [0.717, 1.165) is 16.7 Å². The lowest BCUT2D eigenvalue weighted by Gasteiger charge is -2.13. The molecule has 0 N–H and O–H groups in total. The molecular formula is C22H20F2N4O4. The van der Waals surface area contributed by atoms with E-state index in [1.807, 2.05) is 0 Å². The van der Waals surface area contributed by atoms with Crippen LogP contribution >= 0.6 is 0 Å². The maximum absolute atomic E-state index is 13.7. The van der Waals surface area contributed by atoms with E-state index in [0.29, 0.717) is 17.0 Å². The highest BCUT2D eigenvalue weighted by molar-refractivity contribution is 5.72. The number of fused-ring (bicyclic) bond motifs is 1. The molecule has 0 aliphatic heterocycles. The Morgan fingerprint density at radius 1 is 1.03 bits per heavy atom. The van der Waals surface area contributed by atoms with Crippen molar-refractivity contribution < 1.29 is 18.3 Å². The van der Waals surface area contributed by atoms with Gasteiger partial charge in [0.05, 0.1) is 32.3 Å². The highest BCUT2D eigenvalue weighted by Crippen LogP contribution is 2.19. The maximum atomic E-state index is 13.7. The molecule has 10 heteroatoms. The molecule has 0 aliphatic carbocycles. The third-order valence-corrected chi connectivity index (χ3v) is 5.07. The Balaban J connectivity index is 1.96. The van der Waals surface area contributed by atoms with Gasteiger partial charge in [-0.2, -0.15) is 0 Å². The SMILES string of the molecule is COCCn1c(=O)c2c(ncn2Cc2ccc(F)c(F)c2)n(-c2cccc(OC)c2)c1=O. The van der Waals surface area contributed by atoms with E-state index in [1.54, 1.807) is 24.3 Å². The summed E-state index contributed by atoms with van der Waals surface area (Å²) in [7, 11) is 2.98. The van der Waals surface area contributed by atoms with Gasteiger partial charge in [-0.25, -0.2) is 23.1 Å². The van der Waals surface area contributed by atoms with Crippen molar-refractivity contribution in [2.45, 2.75) is 13.1 Å². The fraction of sp³-hybridized carbons (Fsp3) is 0.227. The van der Waals surface area contributed by atoms with Crippen molar-refractivity contribution in [3.05, 3.63) is 86.8 Å². The zero-order valence-corrected chi connectivity index (χ0v) is 17.4. The first-order chi connectivity index (χ1) is 15.4. The number of hydrogen-bond donors (Lipinski definition) is 0. The van der Waals surface area contributed by atoms with Crippen molar-refractivity contribution in [3.63, 3.8) is 0 Å². The Morgan fingerprint density at radius 2 is 1.84 bits per heavy atom. The Labute approximate surface area is 180 Å². The molecule has 4 rings (SSSR count). The smallest absolute Gasteiger partial charge is 0.337 e. The summed E-state index contributed by atoms with van der Waals surface area (Å²) in [5.41, 5.74) is 0.0543. The second kappa shape index (κ2) is 8.75. The summed E-state index contributed by atoms with van der Waals surface area (Å²) in [6.45, 7) is 0.240. The number of rotatable bonds is 7. The number of ether oxygens (including phenoxy) is 2. The number of methoxy groups -OCH3 is 2. The zero-order valence-electron chi connectivity index (χ0n) is 17.4. The van der Waals surface area contributed by atoms with Crippen LogP contribution in [0.4, 0.5) is 8.78 Å². The Bertz CT molecular complexity index is 1410. The zero-order chi connectivity index (χ0) is 22.8. The first kappa shape index (κ1) is 21.4. The minimum atomic E-state index is -0.988. The van der Waals surface area contributed by atoms with Crippen LogP contribution in [0.2, 0.25) is 0 Å². The van der Waals surface area contributed by atoms with Crippen LogP contribution in [0, 0.1) is 11.6 Å². The first-order valence-electron chi connectivity index (χ1n) is 9.72. The lowest BCUT2D eigenvalue weighted by molar-refractivity contribution is 0.184. The number of hydrogen-bond acceptors (Lipinski definition) is 5. The average molecular weight is 442 g/mol. The molecule has 4 aromatic rings. The molecule has 0 bridgehead atoms. The quantitative estimate of drug-likeness (QED) is 0.439. The van der Waals surface area contributed by atoms with Crippen LogP contribution in [0.1, 0.15) is 5.56 Å². The molecule has 2 heterocycles. The molecule has 0 spiro atoms. The fourth-order valence-electron chi connectivity index (χ4n) is 3.50. The molecule has 8 nitrogen and oxygen atoms in total. The van der Waals surface area contributed by atoms with Crippen LogP contribution < -0.4 is 16.0 Å². The van der Waals surface area contributed by atoms with Crippen LogP contribution in [0.5, 0.6) is 5.75 Å². The molecular weight excluding hydrogens is 422 g/mol. The molecule has 0 radical (unpaired) electrons. The van der Waals surface area contributed by atoms with E-state index >= 15 is 0 Å². The van der Waals surface area contributed by atoms with Gasteiger partial charge >= 0.3 is 5.69 Å². The lowest BCUT2D eigenvalue weighted by Crippen LogP contribution is -2.41. The van der Waals surface area contributed by atoms with Crippen molar-refractivity contribution in [2.75, 3.05) is 20.8 Å². The van der Waals surface area contributed by atoms with Crippen molar-refractivity contribution in [2.24, 2.45) is 0 Å². The summed E-state index contributed by atoms with van der Waals surface area (Å²) in [6.07, 6.45) is 1.39. The van der Waals surface area contributed by atoms with E-state index in [9.17, 15) is 18.4 Å². The number of imidazole rings is 1. The summed E-state index contributed by atoms with van der Waals surface area (Å²) in [6, 6.07) is 10.3. The lowest BCUT2D eigenvalue weighted by atomic mass is 10.2. The number of aromatic nitrogens is 4. The average Bonchev–Trinajstić information content (AvgIpc) is 3.19. The van der Waals surface area contributed by atoms with Gasteiger partial charge in [-0.05, 0) is 29.8 Å². The predicted octanol–water partition coefficient (Wildman–Crippen LogP) is 2.33. The topological polar surface area (TPSA) is 80.3 Å². The maximum Gasteiger partial charge on any atom is 0.337 e. The minimum Gasteiger partial charge on any atom is -0.497 e. The largest absolute Gasteiger partial charge is 0.497 e. The summed E-state index contributed by atoms with van der Waals surface area (Å²) in [5, 5.41) is 0. The Hall–Kier alpha value is -3.79. The highest BCUT2D eigenvalue weighted by atomic mass is 19.2. The van der Waals surface area contributed by atoms with Crippen LogP contribution in [0.25, 0.3) is 16.9 Å². The summed E-state index contributed by atoms with van der Waals surface area (Å²) in [4.78, 5) is 30.8. The molecule has 32 heavy (non-hydrogen) atoms. The molecule has 2 aromatic carbocycles. The van der Waals surface area contributed by atoms with E-state index in [-0.39, 0.29) is 30.9 Å². The molecule has 166 valence electrons. The molecule has 0 aliphatic rings. The molecule has 0 unspecified atom stereocenters. The third kappa shape index (κ3) is 3.80. The Kier molecular flexibility index (Phi) is 5.87. The van der Waals surface area contributed by atoms with Gasteiger partial charge in [0.25, 0.3) is 5.56 Å². The van der Waals surface area contributed by atoms with Gasteiger partial charge in [0.15, 0.2) is 22.8 Å². The second-order valence-corrected chi connectivity index (χ2v) is 7.06. The van der Waals surface area contributed by atoms with Crippen molar-refractivity contribution in [1.82, 2.24) is 18.7 Å². The van der Waals surface area contributed by atoms with Gasteiger partial charge in [0.1, 0.15) is 5.75 Å². The highest BCUT2D eigenvalue weighted by Gasteiger charge is 2.20. The van der Waals surface area contributed by atoms with Gasteiger partial charge in [-0.1, -0.05) is 12.1 Å². The van der Waals surface area contributed by atoms with Crippen LogP contribution in [-0.4, -0.2) is 39.5 Å². The van der Waals surface area contributed by atoms with Crippen molar-refractivity contribution in [1.29, 1.82) is 0 Å². The fourth-order valence-corrected chi connectivity index (χ4v) is 3.50.